The number of hydrogen-bond acceptors (Lipinski definition) is 2. The summed E-state index contributed by atoms with van der Waals surface area (Å²) in [5.74, 6) is 0. The number of hydrogen-bond donors (Lipinski definition) is 1. The van der Waals surface area contributed by atoms with Gasteiger partial charge in [0, 0.05) is 20.6 Å². The molecule has 15 heavy (non-hydrogen) atoms. The van der Waals surface area contributed by atoms with Crippen LogP contribution in [-0.2, 0) is 0 Å². The van der Waals surface area contributed by atoms with Crippen molar-refractivity contribution in [1.29, 1.82) is 0 Å². The van der Waals surface area contributed by atoms with E-state index in [4.69, 9.17) is 0 Å². The molecular formula is C9H10BrF3OS. The van der Waals surface area contributed by atoms with Gasteiger partial charge in [-0.05, 0) is 35.3 Å². The van der Waals surface area contributed by atoms with Crippen molar-refractivity contribution in [3.8, 4) is 0 Å². The second kappa shape index (κ2) is 4.84. The van der Waals surface area contributed by atoms with E-state index in [1.165, 1.54) is 11.3 Å². The monoisotopic (exact) mass is 302 g/mol. The number of aryl methyl sites for hydroxylation is 1. The lowest BCUT2D eigenvalue weighted by Gasteiger charge is -2.11. The van der Waals surface area contributed by atoms with Gasteiger partial charge in [-0.2, -0.15) is 13.2 Å². The van der Waals surface area contributed by atoms with E-state index in [1.54, 1.807) is 6.07 Å². The third kappa shape index (κ3) is 4.12. The fourth-order valence-corrected chi connectivity index (χ4v) is 3.10. The third-order valence-corrected chi connectivity index (χ3v) is 3.91. The molecule has 0 saturated carbocycles. The molecule has 0 aromatic carbocycles. The summed E-state index contributed by atoms with van der Waals surface area (Å²) < 4.78 is 36.4. The molecule has 1 N–H and O–H groups in total. The minimum absolute atomic E-state index is 0.290. The topological polar surface area (TPSA) is 20.2 Å². The Balaban J connectivity index is 2.61. The summed E-state index contributed by atoms with van der Waals surface area (Å²) in [5, 5.41) is 9.56. The standard InChI is InChI=1S/C9H10BrF3OS/c1-5-4-6(10)8(15-5)7(14)2-3-9(11,12)13/h4,7,14H,2-3H2,1H3. The van der Waals surface area contributed by atoms with Gasteiger partial charge in [-0.3, -0.25) is 0 Å². The quantitative estimate of drug-likeness (QED) is 0.887. The summed E-state index contributed by atoms with van der Waals surface area (Å²) in [7, 11) is 0. The predicted molar refractivity (Wildman–Crippen MR) is 57.0 cm³/mol. The Morgan fingerprint density at radius 2 is 2.13 bits per heavy atom. The zero-order valence-electron chi connectivity index (χ0n) is 7.94. The number of alkyl halides is 3. The molecule has 0 bridgehead atoms. The van der Waals surface area contributed by atoms with Gasteiger partial charge in [-0.15, -0.1) is 11.3 Å². The van der Waals surface area contributed by atoms with Crippen molar-refractivity contribution in [3.63, 3.8) is 0 Å². The Labute approximate surface area is 98.1 Å². The molecule has 0 fully saturated rings. The van der Waals surface area contributed by atoms with E-state index in [0.717, 1.165) is 4.88 Å². The molecule has 0 radical (unpaired) electrons. The van der Waals surface area contributed by atoms with Gasteiger partial charge in [0.15, 0.2) is 0 Å². The van der Waals surface area contributed by atoms with E-state index in [2.05, 4.69) is 15.9 Å². The molecule has 0 spiro atoms. The summed E-state index contributed by atoms with van der Waals surface area (Å²) in [6.07, 6.45) is -6.50. The fraction of sp³-hybridized carbons (Fsp3) is 0.556. The number of aliphatic hydroxyl groups excluding tert-OH is 1. The van der Waals surface area contributed by atoms with E-state index < -0.39 is 18.7 Å². The minimum Gasteiger partial charge on any atom is -0.388 e. The molecule has 0 aliphatic rings. The number of halogens is 4. The normalized spacial score (nSPS) is 14.3. The first kappa shape index (κ1) is 13.0. The van der Waals surface area contributed by atoms with Gasteiger partial charge in [0.2, 0.25) is 0 Å². The van der Waals surface area contributed by atoms with Crippen LogP contribution in [0.5, 0.6) is 0 Å². The second-order valence-corrected chi connectivity index (χ2v) is 5.38. The molecule has 0 aliphatic heterocycles. The largest absolute Gasteiger partial charge is 0.389 e. The molecule has 0 saturated heterocycles. The van der Waals surface area contributed by atoms with Crippen LogP contribution in [0.3, 0.4) is 0 Å². The maximum absolute atomic E-state index is 11.9. The summed E-state index contributed by atoms with van der Waals surface area (Å²) in [4.78, 5) is 1.53. The first-order chi connectivity index (χ1) is 6.79. The molecule has 1 heterocycles. The summed E-state index contributed by atoms with van der Waals surface area (Å²) in [6.45, 7) is 1.84. The Hall–Kier alpha value is -0.0700. The van der Waals surface area contributed by atoms with E-state index >= 15 is 0 Å². The Morgan fingerprint density at radius 1 is 1.53 bits per heavy atom. The minimum atomic E-state index is -4.21. The number of aliphatic hydroxyl groups is 1. The van der Waals surface area contributed by atoms with Crippen LogP contribution in [0.1, 0.15) is 28.7 Å². The van der Waals surface area contributed by atoms with E-state index in [1.807, 2.05) is 6.92 Å². The van der Waals surface area contributed by atoms with Crippen LogP contribution in [0, 0.1) is 6.92 Å². The van der Waals surface area contributed by atoms with Gasteiger partial charge in [0.1, 0.15) is 0 Å². The zero-order chi connectivity index (χ0) is 11.6. The highest BCUT2D eigenvalue weighted by molar-refractivity contribution is 9.10. The van der Waals surface area contributed by atoms with Crippen LogP contribution in [0.2, 0.25) is 0 Å². The fourth-order valence-electron chi connectivity index (χ4n) is 1.16. The lowest BCUT2D eigenvalue weighted by atomic mass is 10.1. The van der Waals surface area contributed by atoms with E-state index in [-0.39, 0.29) is 6.42 Å². The molecule has 1 rings (SSSR count). The van der Waals surface area contributed by atoms with Gasteiger partial charge in [-0.25, -0.2) is 0 Å². The van der Waals surface area contributed by atoms with Crippen molar-refractivity contribution in [2.75, 3.05) is 0 Å². The van der Waals surface area contributed by atoms with Gasteiger partial charge < -0.3 is 5.11 Å². The maximum Gasteiger partial charge on any atom is 0.389 e. The predicted octanol–water partition coefficient (Wildman–Crippen LogP) is 4.19. The molecule has 6 heteroatoms. The number of rotatable bonds is 3. The Bertz CT molecular complexity index is 335. The number of thiophene rings is 1. The van der Waals surface area contributed by atoms with Gasteiger partial charge in [0.05, 0.1) is 6.10 Å². The molecule has 1 unspecified atom stereocenters. The van der Waals surface area contributed by atoms with Crippen molar-refractivity contribution in [1.82, 2.24) is 0 Å². The molecule has 86 valence electrons. The second-order valence-electron chi connectivity index (χ2n) is 3.24. The Morgan fingerprint density at radius 3 is 2.53 bits per heavy atom. The Kier molecular flexibility index (Phi) is 4.20. The third-order valence-electron chi connectivity index (χ3n) is 1.84. The molecule has 1 aromatic heterocycles. The molecule has 0 amide bonds. The summed E-state index contributed by atoms with van der Waals surface area (Å²) >= 11 is 4.52. The maximum atomic E-state index is 11.9. The average Bonchev–Trinajstić information content (AvgIpc) is 2.40. The van der Waals surface area contributed by atoms with Gasteiger partial charge in [-0.1, -0.05) is 0 Å². The molecule has 1 nitrogen and oxygen atoms in total. The van der Waals surface area contributed by atoms with Crippen molar-refractivity contribution in [2.45, 2.75) is 32.0 Å². The lowest BCUT2D eigenvalue weighted by molar-refractivity contribution is -0.140. The highest BCUT2D eigenvalue weighted by Gasteiger charge is 2.29. The van der Waals surface area contributed by atoms with Crippen molar-refractivity contribution in [2.24, 2.45) is 0 Å². The van der Waals surface area contributed by atoms with Gasteiger partial charge >= 0.3 is 6.18 Å². The van der Waals surface area contributed by atoms with E-state index in [0.29, 0.717) is 9.35 Å². The summed E-state index contributed by atoms with van der Waals surface area (Å²) in [5.41, 5.74) is 0. The lowest BCUT2D eigenvalue weighted by Crippen LogP contribution is -2.09. The van der Waals surface area contributed by atoms with Gasteiger partial charge in [0.25, 0.3) is 0 Å². The van der Waals surface area contributed by atoms with Crippen molar-refractivity contribution < 1.29 is 18.3 Å². The molecular weight excluding hydrogens is 293 g/mol. The summed E-state index contributed by atoms with van der Waals surface area (Å²) in [6, 6.07) is 1.79. The molecule has 0 aliphatic carbocycles. The van der Waals surface area contributed by atoms with Crippen LogP contribution >= 0.6 is 27.3 Å². The molecule has 1 aromatic rings. The molecule has 1 atom stereocenters. The SMILES string of the molecule is Cc1cc(Br)c(C(O)CCC(F)(F)F)s1. The van der Waals surface area contributed by atoms with Crippen LogP contribution in [-0.4, -0.2) is 11.3 Å². The smallest absolute Gasteiger partial charge is 0.388 e. The first-order valence-electron chi connectivity index (χ1n) is 4.30. The van der Waals surface area contributed by atoms with Crippen molar-refractivity contribution in [3.05, 3.63) is 20.3 Å². The highest BCUT2D eigenvalue weighted by atomic mass is 79.9. The van der Waals surface area contributed by atoms with Crippen molar-refractivity contribution >= 4 is 27.3 Å². The highest BCUT2D eigenvalue weighted by Crippen LogP contribution is 2.36. The average molecular weight is 303 g/mol. The van der Waals surface area contributed by atoms with Crippen LogP contribution in [0.4, 0.5) is 13.2 Å². The first-order valence-corrected chi connectivity index (χ1v) is 5.91. The zero-order valence-corrected chi connectivity index (χ0v) is 10.3. The van der Waals surface area contributed by atoms with E-state index in [9.17, 15) is 18.3 Å². The van der Waals surface area contributed by atoms with Crippen LogP contribution in [0.25, 0.3) is 0 Å². The van der Waals surface area contributed by atoms with Crippen LogP contribution < -0.4 is 0 Å². The van der Waals surface area contributed by atoms with Crippen LogP contribution in [0.15, 0.2) is 10.5 Å².